The van der Waals surface area contributed by atoms with Gasteiger partial charge in [-0.15, -0.1) is 11.3 Å². The van der Waals surface area contributed by atoms with E-state index in [2.05, 4.69) is 0 Å². The highest BCUT2D eigenvalue weighted by Gasteiger charge is 2.12. The van der Waals surface area contributed by atoms with Gasteiger partial charge in [-0.05, 0) is 32.5 Å². The lowest BCUT2D eigenvalue weighted by Crippen LogP contribution is -2.33. The van der Waals surface area contributed by atoms with Gasteiger partial charge in [0.1, 0.15) is 0 Å². The first-order valence-corrected chi connectivity index (χ1v) is 5.35. The fraction of sp³-hybridized carbons (Fsp3) is 0.625. The maximum Gasteiger partial charge on any atom is 0.202 e. The minimum absolute atomic E-state index is 0.219. The zero-order chi connectivity index (χ0) is 10.1. The van der Waals surface area contributed by atoms with Crippen molar-refractivity contribution in [1.82, 2.24) is 4.57 Å². The number of rotatable bonds is 3. The lowest BCUT2D eigenvalue weighted by molar-refractivity contribution is 0.381. The highest BCUT2D eigenvalue weighted by Crippen LogP contribution is 2.19. The van der Waals surface area contributed by atoms with Crippen molar-refractivity contribution in [3.8, 4) is 5.88 Å². The van der Waals surface area contributed by atoms with Crippen LogP contribution in [0, 0.1) is 3.95 Å². The van der Waals surface area contributed by atoms with Crippen molar-refractivity contribution in [3.05, 3.63) is 9.33 Å². The van der Waals surface area contributed by atoms with Crippen molar-refractivity contribution in [2.75, 3.05) is 0 Å². The summed E-state index contributed by atoms with van der Waals surface area (Å²) in [5.74, 6) is 0.235. The van der Waals surface area contributed by atoms with E-state index in [1.165, 1.54) is 11.3 Å². The third kappa shape index (κ3) is 3.10. The van der Waals surface area contributed by atoms with E-state index in [0.29, 0.717) is 10.5 Å². The van der Waals surface area contributed by atoms with E-state index in [1.807, 2.05) is 13.8 Å². The number of thiazole rings is 1. The van der Waals surface area contributed by atoms with Gasteiger partial charge in [0.25, 0.3) is 0 Å². The van der Waals surface area contributed by atoms with Crippen molar-refractivity contribution in [2.45, 2.75) is 32.4 Å². The summed E-state index contributed by atoms with van der Waals surface area (Å²) in [6, 6.07) is 0. The zero-order valence-electron chi connectivity index (χ0n) is 7.78. The molecule has 0 saturated heterocycles. The van der Waals surface area contributed by atoms with Crippen LogP contribution in [0.4, 0.5) is 0 Å². The lowest BCUT2D eigenvalue weighted by Gasteiger charge is -2.18. The van der Waals surface area contributed by atoms with Crippen LogP contribution in [0.15, 0.2) is 5.38 Å². The highest BCUT2D eigenvalue weighted by molar-refractivity contribution is 7.73. The highest BCUT2D eigenvalue weighted by atomic mass is 32.1. The van der Waals surface area contributed by atoms with E-state index in [9.17, 15) is 5.11 Å². The molecule has 1 heterocycles. The molecule has 0 aliphatic carbocycles. The van der Waals surface area contributed by atoms with E-state index >= 15 is 0 Å². The molecule has 1 rings (SSSR count). The van der Waals surface area contributed by atoms with Crippen molar-refractivity contribution in [2.24, 2.45) is 5.73 Å². The van der Waals surface area contributed by atoms with Crippen molar-refractivity contribution in [3.63, 3.8) is 0 Å². The van der Waals surface area contributed by atoms with Crippen LogP contribution in [0.25, 0.3) is 0 Å². The Kier molecular flexibility index (Phi) is 3.10. The van der Waals surface area contributed by atoms with E-state index in [4.69, 9.17) is 18.0 Å². The Morgan fingerprint density at radius 3 is 2.69 bits per heavy atom. The minimum atomic E-state index is -0.219. The van der Waals surface area contributed by atoms with Crippen LogP contribution in [-0.4, -0.2) is 15.2 Å². The molecule has 0 unspecified atom stereocenters. The summed E-state index contributed by atoms with van der Waals surface area (Å²) in [7, 11) is 0. The first kappa shape index (κ1) is 10.7. The Morgan fingerprint density at radius 1 is 1.69 bits per heavy atom. The predicted molar refractivity (Wildman–Crippen MR) is 57.7 cm³/mol. The van der Waals surface area contributed by atoms with E-state index < -0.39 is 0 Å². The molecule has 0 amide bonds. The van der Waals surface area contributed by atoms with Crippen LogP contribution in [0.1, 0.15) is 20.3 Å². The van der Waals surface area contributed by atoms with Crippen molar-refractivity contribution < 1.29 is 5.11 Å². The summed E-state index contributed by atoms with van der Waals surface area (Å²) in [4.78, 5) is 0. The predicted octanol–water partition coefficient (Wildman–Crippen LogP) is 2.11. The van der Waals surface area contributed by atoms with Crippen LogP contribution in [0.2, 0.25) is 0 Å². The Morgan fingerprint density at radius 2 is 2.31 bits per heavy atom. The van der Waals surface area contributed by atoms with Crippen LogP contribution < -0.4 is 5.73 Å². The molecule has 0 saturated carbocycles. The van der Waals surface area contributed by atoms with Gasteiger partial charge in [0, 0.05) is 12.1 Å². The van der Waals surface area contributed by atoms with Gasteiger partial charge in [0.15, 0.2) is 3.95 Å². The molecule has 5 heteroatoms. The molecule has 3 nitrogen and oxygen atoms in total. The number of aromatic nitrogens is 1. The average Bonchev–Trinajstić information content (AvgIpc) is 2.27. The van der Waals surface area contributed by atoms with Gasteiger partial charge in [0.2, 0.25) is 5.88 Å². The normalized spacial score (nSPS) is 11.9. The van der Waals surface area contributed by atoms with Gasteiger partial charge >= 0.3 is 0 Å². The molecule has 0 radical (unpaired) electrons. The van der Waals surface area contributed by atoms with Crippen LogP contribution in [0.3, 0.4) is 0 Å². The van der Waals surface area contributed by atoms with Crippen molar-refractivity contribution in [1.29, 1.82) is 0 Å². The first-order chi connectivity index (χ1) is 5.90. The van der Waals surface area contributed by atoms with Gasteiger partial charge in [-0.25, -0.2) is 0 Å². The molecule has 74 valence electrons. The van der Waals surface area contributed by atoms with Crippen LogP contribution in [0.5, 0.6) is 5.88 Å². The second-order valence-corrected chi connectivity index (χ2v) is 5.25. The molecule has 0 atom stereocenters. The van der Waals surface area contributed by atoms with Crippen LogP contribution in [-0.2, 0) is 6.54 Å². The zero-order valence-corrected chi connectivity index (χ0v) is 9.41. The topological polar surface area (TPSA) is 51.2 Å². The fourth-order valence-corrected chi connectivity index (χ4v) is 1.90. The number of hydrogen-bond acceptors (Lipinski definition) is 4. The molecule has 0 aromatic carbocycles. The molecule has 0 aliphatic rings. The third-order valence-corrected chi connectivity index (χ3v) is 3.00. The van der Waals surface area contributed by atoms with Gasteiger partial charge < -0.3 is 10.8 Å². The second-order valence-electron chi connectivity index (χ2n) is 3.75. The summed E-state index contributed by atoms with van der Waals surface area (Å²) >= 11 is 6.41. The van der Waals surface area contributed by atoms with E-state index in [1.54, 1.807) is 9.95 Å². The number of nitrogens with zero attached hydrogens (tertiary/aromatic N) is 1. The Bertz CT molecular complexity index is 335. The summed E-state index contributed by atoms with van der Waals surface area (Å²) < 4.78 is 2.40. The smallest absolute Gasteiger partial charge is 0.202 e. The van der Waals surface area contributed by atoms with Crippen LogP contribution >= 0.6 is 23.6 Å². The van der Waals surface area contributed by atoms with Crippen molar-refractivity contribution >= 4 is 23.6 Å². The molecule has 13 heavy (non-hydrogen) atoms. The van der Waals surface area contributed by atoms with Gasteiger partial charge in [-0.1, -0.05) is 0 Å². The number of nitrogens with two attached hydrogens (primary N) is 1. The molecule has 0 fully saturated rings. The Balaban J connectivity index is 2.70. The van der Waals surface area contributed by atoms with E-state index in [-0.39, 0.29) is 11.4 Å². The Labute approximate surface area is 86.8 Å². The standard InChI is InChI=1S/C8H14N2OS2/c1-8(2,9)3-4-10-6(11)5-13-7(10)12/h5,11H,3-4,9H2,1-2H3. The molecule has 1 aromatic rings. The molecule has 0 spiro atoms. The fourth-order valence-electron chi connectivity index (χ4n) is 0.930. The number of aromatic hydroxyl groups is 1. The average molecular weight is 218 g/mol. The summed E-state index contributed by atoms with van der Waals surface area (Å²) in [5, 5.41) is 11.0. The second kappa shape index (κ2) is 3.77. The van der Waals surface area contributed by atoms with Gasteiger partial charge in [-0.3, -0.25) is 4.57 Å². The Hall–Kier alpha value is -0.390. The largest absolute Gasteiger partial charge is 0.494 e. The van der Waals surface area contributed by atoms with E-state index in [0.717, 1.165) is 6.42 Å². The maximum atomic E-state index is 9.39. The van der Waals surface area contributed by atoms with Gasteiger partial charge in [0.05, 0.1) is 5.38 Å². The first-order valence-electron chi connectivity index (χ1n) is 4.06. The molecular formula is C8H14N2OS2. The lowest BCUT2D eigenvalue weighted by atomic mass is 10.0. The molecule has 3 N–H and O–H groups in total. The monoisotopic (exact) mass is 218 g/mol. The quantitative estimate of drug-likeness (QED) is 0.764. The third-order valence-electron chi connectivity index (χ3n) is 1.74. The number of hydrogen-bond donors (Lipinski definition) is 2. The molecule has 0 aliphatic heterocycles. The summed E-state index contributed by atoms with van der Waals surface area (Å²) in [6.07, 6.45) is 0.797. The SMILES string of the molecule is CC(C)(N)CCn1c(O)csc1=S. The molecule has 0 bridgehead atoms. The maximum absolute atomic E-state index is 9.39. The molecular weight excluding hydrogens is 204 g/mol. The summed E-state index contributed by atoms with van der Waals surface area (Å²) in [6.45, 7) is 4.59. The summed E-state index contributed by atoms with van der Waals surface area (Å²) in [5.41, 5.74) is 5.61. The van der Waals surface area contributed by atoms with Gasteiger partial charge in [-0.2, -0.15) is 0 Å². The minimum Gasteiger partial charge on any atom is -0.494 e. The molecule has 1 aromatic heterocycles.